The summed E-state index contributed by atoms with van der Waals surface area (Å²) < 4.78 is 6.01. The van der Waals surface area contributed by atoms with Gasteiger partial charge in [0.2, 0.25) is 0 Å². The number of carboxylic acid groups (broad SMARTS) is 1. The minimum atomic E-state index is -0.778. The van der Waals surface area contributed by atoms with Gasteiger partial charge in [0.05, 0.1) is 6.10 Å². The van der Waals surface area contributed by atoms with Crippen molar-refractivity contribution >= 4 is 5.97 Å². The van der Waals surface area contributed by atoms with Crippen molar-refractivity contribution in [1.29, 1.82) is 0 Å². The summed E-state index contributed by atoms with van der Waals surface area (Å²) in [6, 6.07) is 11.8. The zero-order chi connectivity index (χ0) is 22.3. The third kappa shape index (κ3) is 5.57. The second kappa shape index (κ2) is 11.1. The van der Waals surface area contributed by atoms with Gasteiger partial charge in [-0.1, -0.05) is 43.7 Å². The average Bonchev–Trinajstić information content (AvgIpc) is 2.79. The van der Waals surface area contributed by atoms with Gasteiger partial charge in [0.1, 0.15) is 6.04 Å². The van der Waals surface area contributed by atoms with E-state index >= 15 is 0 Å². The molecule has 32 heavy (non-hydrogen) atoms. The first-order chi connectivity index (χ1) is 15.7. The van der Waals surface area contributed by atoms with Crippen LogP contribution < -0.4 is 0 Å². The maximum absolute atomic E-state index is 11.9. The van der Waals surface area contributed by atoms with Gasteiger partial charge in [-0.05, 0) is 74.1 Å². The summed E-state index contributed by atoms with van der Waals surface area (Å²) in [6.07, 6.45) is 10.3. The summed E-state index contributed by atoms with van der Waals surface area (Å²) in [5.74, 6) is -0.778. The lowest BCUT2D eigenvalue weighted by Gasteiger charge is -2.42. The fourth-order valence-corrected chi connectivity index (χ4v) is 5.00. The molecule has 2 aliphatic rings. The van der Waals surface area contributed by atoms with E-state index in [0.717, 1.165) is 56.3 Å². The molecule has 0 bridgehead atoms. The first-order valence-electron chi connectivity index (χ1n) is 12.3. The summed E-state index contributed by atoms with van der Waals surface area (Å²) in [6.45, 7) is 4.20. The second-order valence-corrected chi connectivity index (χ2v) is 9.17. The van der Waals surface area contributed by atoms with Crippen molar-refractivity contribution in [3.63, 3.8) is 0 Å². The predicted octanol–water partition coefficient (Wildman–Crippen LogP) is 4.76. The largest absolute Gasteiger partial charge is 0.480 e. The molecule has 172 valence electrons. The van der Waals surface area contributed by atoms with E-state index in [2.05, 4.69) is 19.1 Å². The molecule has 0 spiro atoms. The molecule has 1 atom stereocenters. The Labute approximate surface area is 191 Å². The van der Waals surface area contributed by atoms with E-state index in [1.54, 1.807) is 0 Å². The molecule has 1 aliphatic carbocycles. The van der Waals surface area contributed by atoms with Gasteiger partial charge in [0.15, 0.2) is 0 Å². The highest BCUT2D eigenvalue weighted by Crippen LogP contribution is 2.30. The molecule has 0 amide bonds. The zero-order valence-corrected chi connectivity index (χ0v) is 19.3. The number of nitrogens with zero attached hydrogens (tertiary/aromatic N) is 2. The molecule has 1 aromatic carbocycles. The molecule has 1 N–H and O–H groups in total. The Balaban J connectivity index is 1.14. The van der Waals surface area contributed by atoms with Gasteiger partial charge in [0, 0.05) is 31.1 Å². The van der Waals surface area contributed by atoms with Crippen LogP contribution >= 0.6 is 0 Å². The molecule has 2 aromatic rings. The molecule has 5 heteroatoms. The van der Waals surface area contributed by atoms with Crippen LogP contribution in [0, 0.1) is 0 Å². The Kier molecular flexibility index (Phi) is 7.93. The average molecular weight is 437 g/mol. The van der Waals surface area contributed by atoms with E-state index in [1.165, 1.54) is 36.2 Å². The predicted molar refractivity (Wildman–Crippen MR) is 126 cm³/mol. The van der Waals surface area contributed by atoms with Crippen molar-refractivity contribution < 1.29 is 14.6 Å². The zero-order valence-electron chi connectivity index (χ0n) is 19.3. The molecule has 1 aromatic heterocycles. The molecule has 0 unspecified atom stereocenters. The summed E-state index contributed by atoms with van der Waals surface area (Å²) in [5.41, 5.74) is 6.03. The number of unbranched alkanes of at least 4 members (excludes halogenated alkanes) is 2. The van der Waals surface area contributed by atoms with E-state index < -0.39 is 12.0 Å². The highest BCUT2D eigenvalue weighted by Gasteiger charge is 2.38. The molecular weight excluding hydrogens is 400 g/mol. The number of likely N-dealkylation sites (tertiary alicyclic amines) is 1. The van der Waals surface area contributed by atoms with E-state index in [1.807, 2.05) is 29.2 Å². The first kappa shape index (κ1) is 22.9. The second-order valence-electron chi connectivity index (χ2n) is 9.17. The van der Waals surface area contributed by atoms with E-state index in [0.29, 0.717) is 13.1 Å². The molecule has 2 heterocycles. The van der Waals surface area contributed by atoms with E-state index in [4.69, 9.17) is 9.72 Å². The van der Waals surface area contributed by atoms with Crippen molar-refractivity contribution in [1.82, 2.24) is 9.88 Å². The fraction of sp³-hybridized carbons (Fsp3) is 0.556. The van der Waals surface area contributed by atoms with Gasteiger partial charge < -0.3 is 9.84 Å². The van der Waals surface area contributed by atoms with Crippen LogP contribution in [-0.4, -0.2) is 46.8 Å². The quantitative estimate of drug-likeness (QED) is 0.515. The van der Waals surface area contributed by atoms with Gasteiger partial charge in [0.25, 0.3) is 0 Å². The number of fused-ring (bicyclic) bond motifs is 1. The smallest absolute Gasteiger partial charge is 0.325 e. The number of carboxylic acids is 1. The van der Waals surface area contributed by atoms with Crippen LogP contribution in [0.15, 0.2) is 36.4 Å². The minimum absolute atomic E-state index is 0.146. The highest BCUT2D eigenvalue weighted by molar-refractivity contribution is 5.76. The van der Waals surface area contributed by atoms with Gasteiger partial charge in [-0.2, -0.15) is 0 Å². The SMILES string of the molecule is CCc1ccccc1[C@H](C(=O)O)N1CC(OCCCCCc2ccc3c(n2)CCCC3)C1. The fourth-order valence-electron chi connectivity index (χ4n) is 5.00. The lowest BCUT2D eigenvalue weighted by atomic mass is 9.95. The van der Waals surface area contributed by atoms with Crippen molar-refractivity contribution in [3.8, 4) is 0 Å². The molecule has 5 nitrogen and oxygen atoms in total. The molecular formula is C27H36N2O3. The monoisotopic (exact) mass is 436 g/mol. The van der Waals surface area contributed by atoms with Crippen LogP contribution in [0.3, 0.4) is 0 Å². The third-order valence-electron chi connectivity index (χ3n) is 6.87. The Morgan fingerprint density at radius 1 is 1.12 bits per heavy atom. The number of aromatic nitrogens is 1. The van der Waals surface area contributed by atoms with E-state index in [-0.39, 0.29) is 6.10 Å². The number of benzene rings is 1. The number of ether oxygens (including phenoxy) is 1. The number of hydrogen-bond acceptors (Lipinski definition) is 4. The van der Waals surface area contributed by atoms with Crippen LogP contribution in [0.1, 0.15) is 73.1 Å². The van der Waals surface area contributed by atoms with Crippen LogP contribution in [-0.2, 0) is 35.2 Å². The van der Waals surface area contributed by atoms with Crippen molar-refractivity contribution in [2.45, 2.75) is 76.9 Å². The number of pyridine rings is 1. The molecule has 1 saturated heterocycles. The van der Waals surface area contributed by atoms with Gasteiger partial charge in [-0.3, -0.25) is 14.7 Å². The number of rotatable bonds is 11. The summed E-state index contributed by atoms with van der Waals surface area (Å²) in [4.78, 5) is 18.8. The van der Waals surface area contributed by atoms with Gasteiger partial charge in [-0.15, -0.1) is 0 Å². The maximum atomic E-state index is 11.9. The Morgan fingerprint density at radius 2 is 1.94 bits per heavy atom. The minimum Gasteiger partial charge on any atom is -0.480 e. The van der Waals surface area contributed by atoms with Gasteiger partial charge in [-0.25, -0.2) is 0 Å². The summed E-state index contributed by atoms with van der Waals surface area (Å²) in [7, 11) is 0. The summed E-state index contributed by atoms with van der Waals surface area (Å²) >= 11 is 0. The topological polar surface area (TPSA) is 62.7 Å². The van der Waals surface area contributed by atoms with E-state index in [9.17, 15) is 9.90 Å². The molecule has 1 aliphatic heterocycles. The molecule has 1 fully saturated rings. The number of aryl methyl sites for hydroxylation is 4. The maximum Gasteiger partial charge on any atom is 0.325 e. The Bertz CT molecular complexity index is 908. The lowest BCUT2D eigenvalue weighted by molar-refractivity contribution is -0.151. The Morgan fingerprint density at radius 3 is 2.75 bits per heavy atom. The lowest BCUT2D eigenvalue weighted by Crippen LogP contribution is -2.55. The number of carbonyl (C=O) groups is 1. The van der Waals surface area contributed by atoms with Crippen LogP contribution in [0.5, 0.6) is 0 Å². The summed E-state index contributed by atoms with van der Waals surface area (Å²) in [5, 5.41) is 9.81. The Hall–Kier alpha value is -2.24. The standard InChI is InChI=1S/C27H36N2O3/c1-2-20-10-5-7-13-24(20)26(27(30)31)29-18-23(19-29)32-17-9-3-4-12-22-16-15-21-11-6-8-14-25(21)28-22/h5,7,10,13,15-16,23,26H,2-4,6,8-9,11-12,14,17-19H2,1H3,(H,30,31)/t26-/m1/s1. The highest BCUT2D eigenvalue weighted by atomic mass is 16.5. The van der Waals surface area contributed by atoms with Gasteiger partial charge >= 0.3 is 5.97 Å². The first-order valence-corrected chi connectivity index (χ1v) is 12.3. The third-order valence-corrected chi connectivity index (χ3v) is 6.87. The number of aliphatic carboxylic acids is 1. The van der Waals surface area contributed by atoms with Crippen LogP contribution in [0.4, 0.5) is 0 Å². The van der Waals surface area contributed by atoms with Crippen molar-refractivity contribution in [2.75, 3.05) is 19.7 Å². The van der Waals surface area contributed by atoms with Crippen molar-refractivity contribution in [2.24, 2.45) is 0 Å². The van der Waals surface area contributed by atoms with Crippen molar-refractivity contribution in [3.05, 3.63) is 64.5 Å². The molecule has 0 radical (unpaired) electrons. The molecule has 0 saturated carbocycles. The van der Waals surface area contributed by atoms with Crippen LogP contribution in [0.25, 0.3) is 0 Å². The molecule has 4 rings (SSSR count). The van der Waals surface area contributed by atoms with Crippen LogP contribution in [0.2, 0.25) is 0 Å². The number of hydrogen-bond donors (Lipinski definition) is 1. The normalized spacial score (nSPS) is 17.5.